The molecule has 1 fully saturated rings. The molecule has 14 aromatic rings. The second-order valence-electron chi connectivity index (χ2n) is 18.7. The Morgan fingerprint density at radius 2 is 0.716 bits per heavy atom. The molecule has 0 unspecified atom stereocenters. The molecule has 0 N–H and O–H groups in total. The molecule has 15 rings (SSSR count). The normalized spacial score (nSPS) is 13.2. The maximum Gasteiger partial charge on any atom is 0.391 e. The Balaban J connectivity index is 0.968. The van der Waals surface area contributed by atoms with E-state index in [9.17, 15) is 0 Å². The van der Waals surface area contributed by atoms with Crippen molar-refractivity contribution in [3.63, 3.8) is 0 Å². The summed E-state index contributed by atoms with van der Waals surface area (Å²) in [6, 6.07) is 83.9. The smallest absolute Gasteiger partial charge is 0.391 e. The fraction of sp³-hybridized carbons (Fsp3) is 0. The van der Waals surface area contributed by atoms with Crippen LogP contribution < -0.4 is 30.6 Å². The molecule has 0 saturated carbocycles. The number of rotatable bonds is 8. The molecule has 12 nitrogen and oxygen atoms in total. The second-order valence-corrected chi connectivity index (χ2v) is 18.7. The number of fused-ring (bicyclic) bond motifs is 10. The zero-order valence-electron chi connectivity index (χ0n) is 39.8. The quantitative estimate of drug-likeness (QED) is 0.139. The zero-order valence-corrected chi connectivity index (χ0v) is 39.8. The molecule has 9 aromatic carbocycles. The van der Waals surface area contributed by atoms with Gasteiger partial charge in [-0.2, -0.15) is 0 Å². The van der Waals surface area contributed by atoms with Gasteiger partial charge in [0.1, 0.15) is 12.7 Å². The molecule has 0 aliphatic carbocycles. The van der Waals surface area contributed by atoms with Gasteiger partial charge in [0.25, 0.3) is 0 Å². The summed E-state index contributed by atoms with van der Waals surface area (Å²) in [6.07, 6.45) is 3.18. The molecular weight excluding hydrogens is 909 g/mol. The van der Waals surface area contributed by atoms with Gasteiger partial charge in [-0.3, -0.25) is 17.9 Å². The minimum atomic E-state index is -0.429. The van der Waals surface area contributed by atoms with Crippen molar-refractivity contribution in [3.8, 4) is 11.4 Å². The average Bonchev–Trinajstić information content (AvgIpc) is 4.23. The second kappa shape index (κ2) is 16.9. The van der Waals surface area contributed by atoms with Crippen LogP contribution in [-0.4, -0.2) is 63.8 Å². The number of imidazole rings is 4. The summed E-state index contributed by atoms with van der Waals surface area (Å²) in [6.45, 7) is -1.15. The third-order valence-corrected chi connectivity index (χ3v) is 14.6. The van der Waals surface area contributed by atoms with E-state index in [-0.39, 0.29) is 14.0 Å². The van der Waals surface area contributed by atoms with Crippen LogP contribution in [0.5, 0.6) is 0 Å². The Morgan fingerprint density at radius 3 is 1.30 bits per heavy atom. The summed E-state index contributed by atoms with van der Waals surface area (Å²) < 4.78 is 16.5. The molecule has 1 aliphatic rings. The first-order valence-electron chi connectivity index (χ1n) is 24.8. The highest BCUT2D eigenvalue weighted by Crippen LogP contribution is 2.37. The third-order valence-electron chi connectivity index (χ3n) is 14.6. The summed E-state index contributed by atoms with van der Waals surface area (Å²) >= 11 is 0. The highest BCUT2D eigenvalue weighted by Gasteiger charge is 2.56. The van der Waals surface area contributed by atoms with Crippen LogP contribution in [0.1, 0.15) is 0 Å². The van der Waals surface area contributed by atoms with Crippen LogP contribution >= 0.6 is 0 Å². The van der Waals surface area contributed by atoms with E-state index in [2.05, 4.69) is 268 Å². The molecule has 6 heterocycles. The van der Waals surface area contributed by atoms with E-state index >= 15 is 0 Å². The maximum atomic E-state index is 5.47. The number of nitrogens with zero attached hydrogens (tertiary/aromatic N) is 12. The van der Waals surface area contributed by atoms with Gasteiger partial charge in [-0.25, -0.2) is 24.9 Å². The molecule has 1 aliphatic heterocycles. The van der Waals surface area contributed by atoms with Crippen LogP contribution in [0.3, 0.4) is 0 Å². The first-order chi connectivity index (χ1) is 36.8. The average molecular weight is 950 g/mol. The van der Waals surface area contributed by atoms with E-state index in [1.54, 1.807) is 12.7 Å². The molecule has 0 amide bonds. The zero-order chi connectivity index (χ0) is 48.7. The summed E-state index contributed by atoms with van der Waals surface area (Å²) in [4.78, 5) is 24.9. The standard InChI is InChI=1S/C59H41B3N12/c1-5-20-42(21-6-1)60-72(45-26-11-4-12-27-45)61(43-22-7-2-8-23-43)74(57-64-40-63-41-65-57)62(44-24-9-3-10-25-44)73(60)48-29-19-28-46(38-48)68-53-33-16-18-35-55(53)71-56-39-47(36-37-50(56)67-59(68)71)69-52-32-15-17-34-54(52)70-51-31-14-13-30-49(51)66-58(69)70/h1-41H. The Kier molecular flexibility index (Phi) is 9.55. The molecule has 0 radical (unpaired) electrons. The summed E-state index contributed by atoms with van der Waals surface area (Å²) in [5.74, 6) is 2.22. The lowest BCUT2D eigenvalue weighted by Crippen LogP contribution is -2.86. The molecule has 5 aromatic heterocycles. The van der Waals surface area contributed by atoms with Gasteiger partial charge in [0, 0.05) is 11.4 Å². The number of anilines is 3. The number of aromatic nitrogens is 9. The predicted molar refractivity (Wildman–Crippen MR) is 302 cm³/mol. The molecule has 1 saturated heterocycles. The Morgan fingerprint density at radius 1 is 0.297 bits per heavy atom. The van der Waals surface area contributed by atoms with Crippen LogP contribution in [0.4, 0.5) is 17.3 Å². The summed E-state index contributed by atoms with van der Waals surface area (Å²) in [5, 5.41) is 0. The van der Waals surface area contributed by atoms with E-state index < -0.39 is 6.98 Å². The van der Waals surface area contributed by atoms with Crippen molar-refractivity contribution < 1.29 is 0 Å². The monoisotopic (exact) mass is 950 g/mol. The largest absolute Gasteiger partial charge is 0.416 e. The van der Waals surface area contributed by atoms with Crippen LogP contribution in [0.2, 0.25) is 0 Å². The summed E-state index contributed by atoms with van der Waals surface area (Å²) in [7, 11) is 0. The lowest BCUT2D eigenvalue weighted by molar-refractivity contribution is 1.03. The highest BCUT2D eigenvalue weighted by molar-refractivity contribution is 7.14. The molecule has 74 heavy (non-hydrogen) atoms. The van der Waals surface area contributed by atoms with Crippen molar-refractivity contribution in [2.75, 3.05) is 14.2 Å². The van der Waals surface area contributed by atoms with Gasteiger partial charge in [0.05, 0.1) is 55.5 Å². The number of hydrogen-bond acceptors (Lipinski definition) is 8. The van der Waals surface area contributed by atoms with Crippen molar-refractivity contribution in [2.24, 2.45) is 0 Å². The Hall–Kier alpha value is -9.88. The van der Waals surface area contributed by atoms with Crippen molar-refractivity contribution >= 4 is 110 Å². The van der Waals surface area contributed by atoms with Gasteiger partial charge in [0.2, 0.25) is 17.5 Å². The molecule has 15 heteroatoms. The SMILES string of the molecule is c1ccc(B2N(c3ccccc3)B(c3ccccc3)N(c3ncncn3)B(c3ccccc3)N2c2cccc(-n3c4ccccc4n4c5cc(-n6c7ccccc7n7c8ccccc8nc67)ccc5nc34)c2)cc1. The van der Waals surface area contributed by atoms with Gasteiger partial charge in [0.15, 0.2) is 0 Å². The molecule has 0 spiro atoms. The first kappa shape index (κ1) is 41.9. The third kappa shape index (κ3) is 6.42. The van der Waals surface area contributed by atoms with Crippen molar-refractivity contribution in [2.45, 2.75) is 0 Å². The molecular formula is C59H41B3N12. The van der Waals surface area contributed by atoms with E-state index in [0.717, 1.165) is 94.8 Å². The van der Waals surface area contributed by atoms with E-state index in [1.807, 2.05) is 6.07 Å². The minimum absolute atomic E-state index is 0.347. The van der Waals surface area contributed by atoms with Crippen molar-refractivity contribution in [3.05, 3.63) is 249 Å². The van der Waals surface area contributed by atoms with Gasteiger partial charge >= 0.3 is 20.9 Å². The molecule has 0 atom stereocenters. The van der Waals surface area contributed by atoms with Gasteiger partial charge in [-0.05, 0) is 101 Å². The van der Waals surface area contributed by atoms with Crippen LogP contribution in [0.25, 0.3) is 67.1 Å². The van der Waals surface area contributed by atoms with Gasteiger partial charge in [-0.1, -0.05) is 152 Å². The van der Waals surface area contributed by atoms with Gasteiger partial charge in [-0.15, -0.1) is 0 Å². The van der Waals surface area contributed by atoms with Crippen molar-refractivity contribution in [1.82, 2.24) is 42.9 Å². The van der Waals surface area contributed by atoms with Crippen LogP contribution in [0.15, 0.2) is 249 Å². The predicted octanol–water partition coefficient (Wildman–Crippen LogP) is 9.38. The fourth-order valence-electron chi connectivity index (χ4n) is 11.6. The number of hydrogen-bond donors (Lipinski definition) is 0. The van der Waals surface area contributed by atoms with Gasteiger partial charge < -0.3 is 14.2 Å². The minimum Gasteiger partial charge on any atom is -0.416 e. The van der Waals surface area contributed by atoms with Crippen molar-refractivity contribution in [1.29, 1.82) is 0 Å². The number of para-hydroxylation sites is 7. The van der Waals surface area contributed by atoms with E-state index in [1.165, 1.54) is 0 Å². The van der Waals surface area contributed by atoms with Crippen LogP contribution in [-0.2, 0) is 0 Å². The molecule has 346 valence electrons. The topological polar surface area (TPSA) is 92.9 Å². The number of benzene rings is 9. The van der Waals surface area contributed by atoms with Crippen LogP contribution in [0, 0.1) is 0 Å². The summed E-state index contributed by atoms with van der Waals surface area (Å²) in [5.41, 5.74) is 15.5. The Labute approximate surface area is 426 Å². The Bertz CT molecular complexity index is 4290. The van der Waals surface area contributed by atoms with E-state index in [4.69, 9.17) is 19.9 Å². The fourth-order valence-corrected chi connectivity index (χ4v) is 11.6. The molecule has 0 bridgehead atoms. The lowest BCUT2D eigenvalue weighted by Gasteiger charge is -2.56. The first-order valence-corrected chi connectivity index (χ1v) is 24.8. The maximum absolute atomic E-state index is 5.47. The lowest BCUT2D eigenvalue weighted by atomic mass is 9.37. The van der Waals surface area contributed by atoms with E-state index in [0.29, 0.717) is 5.95 Å². The highest BCUT2D eigenvalue weighted by atomic mass is 15.4.